The lowest BCUT2D eigenvalue weighted by atomic mass is 9.92. The van der Waals surface area contributed by atoms with Crippen molar-refractivity contribution < 1.29 is 33.9 Å². The van der Waals surface area contributed by atoms with Crippen LogP contribution in [0.25, 0.3) is 0 Å². The minimum atomic E-state index is -0.960. The Morgan fingerprint density at radius 1 is 1.04 bits per heavy atom. The van der Waals surface area contributed by atoms with Crippen LogP contribution in [0.5, 0.6) is 0 Å². The van der Waals surface area contributed by atoms with Crippen molar-refractivity contribution in [3.8, 4) is 0 Å². The van der Waals surface area contributed by atoms with Gasteiger partial charge >= 0.3 is 0 Å². The molecule has 0 saturated heterocycles. The quantitative estimate of drug-likeness (QED) is 0.0718. The Kier molecular flexibility index (Phi) is 15.2. The van der Waals surface area contributed by atoms with Crippen LogP contribution >= 0.6 is 22.6 Å². The molecule has 6 N–H and O–H groups in total. The highest BCUT2D eigenvalue weighted by Crippen LogP contribution is 2.51. The van der Waals surface area contributed by atoms with Crippen molar-refractivity contribution in [3.63, 3.8) is 0 Å². The largest absolute Gasteiger partial charge is 0.377 e. The molecule has 1 saturated carbocycles. The second-order valence-electron chi connectivity index (χ2n) is 13.5. The summed E-state index contributed by atoms with van der Waals surface area (Å²) in [4.78, 5) is 62.3. The fourth-order valence-corrected chi connectivity index (χ4v) is 5.34. The number of hydroxylamine groups is 1. The molecule has 0 aromatic heterocycles. The Morgan fingerprint density at radius 3 is 2.31 bits per heavy atom. The molecule has 13 heteroatoms. The van der Waals surface area contributed by atoms with Gasteiger partial charge in [-0.1, -0.05) is 46.8 Å². The molecule has 2 unspecified atom stereocenters. The van der Waals surface area contributed by atoms with E-state index in [1.54, 1.807) is 5.48 Å². The molecule has 1 fully saturated rings. The van der Waals surface area contributed by atoms with Gasteiger partial charge in [0, 0.05) is 59.7 Å². The topological polar surface area (TPSA) is 175 Å². The lowest BCUT2D eigenvalue weighted by molar-refractivity contribution is -0.136. The maximum absolute atomic E-state index is 12.9. The standard InChI is InChI=1S/C32H50IN5O7/c1-20(2)13-22(14-27(40)38-44)29(42)37-24(30(43)34-6)11-12-26(39)36-18-31(3,4)19-45-25-15-32(25,5)16-28(41)35-17-21-7-9-23(33)10-8-21/h7-10,20,22,24-25,44H,11-19H2,1-6H3,(H,34,43)(H,35,41)(H,36,39)(H,37,42)(H,38,40)/t22-,24+,25?,32?/m1/s1. The van der Waals surface area contributed by atoms with E-state index in [4.69, 9.17) is 9.94 Å². The van der Waals surface area contributed by atoms with Crippen molar-refractivity contribution in [3.05, 3.63) is 33.4 Å². The van der Waals surface area contributed by atoms with Crippen LogP contribution in [0, 0.1) is 26.2 Å². The normalized spacial score (nSPS) is 18.8. The first-order valence-corrected chi connectivity index (χ1v) is 16.5. The van der Waals surface area contributed by atoms with Gasteiger partial charge in [0.2, 0.25) is 29.5 Å². The summed E-state index contributed by atoms with van der Waals surface area (Å²) < 4.78 is 7.28. The van der Waals surface area contributed by atoms with Gasteiger partial charge in [-0.2, -0.15) is 0 Å². The second kappa shape index (κ2) is 17.8. The van der Waals surface area contributed by atoms with Crippen molar-refractivity contribution in [2.45, 2.75) is 91.8 Å². The van der Waals surface area contributed by atoms with Crippen LogP contribution < -0.4 is 26.7 Å². The van der Waals surface area contributed by atoms with Gasteiger partial charge < -0.3 is 26.0 Å². The third-order valence-electron chi connectivity index (χ3n) is 7.90. The SMILES string of the molecule is CNC(=O)[C@H](CCC(=O)NCC(C)(C)COC1CC1(C)CC(=O)NCc1ccc(I)cc1)NC(=O)[C@@H](CC(=O)NO)CC(C)C. The molecule has 0 heterocycles. The van der Waals surface area contributed by atoms with E-state index in [1.807, 2.05) is 58.9 Å². The van der Waals surface area contributed by atoms with Gasteiger partial charge in [-0.3, -0.25) is 29.2 Å². The van der Waals surface area contributed by atoms with E-state index >= 15 is 0 Å². The Labute approximate surface area is 280 Å². The fraction of sp³-hybridized carbons (Fsp3) is 0.656. The number of rotatable bonds is 19. The summed E-state index contributed by atoms with van der Waals surface area (Å²) in [5, 5.41) is 19.9. The first kappa shape index (κ1) is 38.4. The molecule has 0 radical (unpaired) electrons. The van der Waals surface area contributed by atoms with Gasteiger partial charge in [0.15, 0.2) is 0 Å². The smallest absolute Gasteiger partial charge is 0.244 e. The maximum atomic E-state index is 12.9. The molecule has 45 heavy (non-hydrogen) atoms. The van der Waals surface area contributed by atoms with E-state index in [0.29, 0.717) is 32.5 Å². The highest BCUT2D eigenvalue weighted by Gasteiger charge is 2.52. The van der Waals surface area contributed by atoms with E-state index in [-0.39, 0.29) is 53.9 Å². The van der Waals surface area contributed by atoms with Crippen molar-refractivity contribution in [1.29, 1.82) is 0 Å². The maximum Gasteiger partial charge on any atom is 0.244 e. The molecule has 252 valence electrons. The lowest BCUT2D eigenvalue weighted by Gasteiger charge is -2.26. The summed E-state index contributed by atoms with van der Waals surface area (Å²) in [6.07, 6.45) is 1.38. The average molecular weight is 744 g/mol. The number of amides is 5. The van der Waals surface area contributed by atoms with E-state index in [0.717, 1.165) is 15.6 Å². The molecular weight excluding hydrogens is 693 g/mol. The zero-order valence-electron chi connectivity index (χ0n) is 27.3. The van der Waals surface area contributed by atoms with Crippen LogP contribution in [0.4, 0.5) is 0 Å². The number of likely N-dealkylation sites (N-methyl/N-ethyl adjacent to an activating group) is 1. The van der Waals surface area contributed by atoms with Crippen molar-refractivity contribution in [2.24, 2.45) is 22.7 Å². The summed E-state index contributed by atoms with van der Waals surface area (Å²) in [5.74, 6) is -2.54. The number of nitrogens with one attached hydrogen (secondary N) is 5. The van der Waals surface area contributed by atoms with Gasteiger partial charge in [-0.05, 0) is 65.5 Å². The molecule has 1 aromatic rings. The molecule has 1 aliphatic carbocycles. The molecule has 2 rings (SSSR count). The minimum absolute atomic E-state index is 0.000694. The Hall–Kier alpha value is -2.78. The van der Waals surface area contributed by atoms with Gasteiger partial charge in [-0.25, -0.2) is 5.48 Å². The molecule has 0 spiro atoms. The number of halogens is 1. The lowest BCUT2D eigenvalue weighted by Crippen LogP contribution is -2.49. The van der Waals surface area contributed by atoms with Crippen LogP contribution in [-0.2, 0) is 35.3 Å². The molecule has 1 aromatic carbocycles. The molecule has 12 nitrogen and oxygen atoms in total. The summed E-state index contributed by atoms with van der Waals surface area (Å²) >= 11 is 2.25. The predicted molar refractivity (Wildman–Crippen MR) is 178 cm³/mol. The molecule has 4 atom stereocenters. The summed E-state index contributed by atoms with van der Waals surface area (Å²) in [7, 11) is 1.44. The predicted octanol–water partition coefficient (Wildman–Crippen LogP) is 2.80. The summed E-state index contributed by atoms with van der Waals surface area (Å²) in [5.41, 5.74) is 2.00. The number of hydrogen-bond donors (Lipinski definition) is 6. The molecular formula is C32H50IN5O7. The van der Waals surface area contributed by atoms with E-state index in [9.17, 15) is 24.0 Å². The van der Waals surface area contributed by atoms with Crippen LogP contribution in [0.15, 0.2) is 24.3 Å². The van der Waals surface area contributed by atoms with E-state index in [1.165, 1.54) is 7.05 Å². The number of ether oxygens (including phenoxy) is 1. The zero-order valence-corrected chi connectivity index (χ0v) is 29.4. The van der Waals surface area contributed by atoms with Crippen molar-refractivity contribution in [2.75, 3.05) is 20.2 Å². The average Bonchev–Trinajstić information content (AvgIpc) is 3.63. The van der Waals surface area contributed by atoms with Gasteiger partial charge in [0.05, 0.1) is 12.7 Å². The monoisotopic (exact) mass is 743 g/mol. The summed E-state index contributed by atoms with van der Waals surface area (Å²) in [6, 6.07) is 7.06. The zero-order chi connectivity index (χ0) is 33.8. The van der Waals surface area contributed by atoms with Crippen LogP contribution in [-0.4, -0.2) is 67.1 Å². The fourth-order valence-electron chi connectivity index (χ4n) is 4.98. The van der Waals surface area contributed by atoms with Gasteiger partial charge in [-0.15, -0.1) is 0 Å². The Bertz CT molecular complexity index is 1180. The second-order valence-corrected chi connectivity index (χ2v) is 14.7. The van der Waals surface area contributed by atoms with E-state index in [2.05, 4.69) is 43.9 Å². The molecule has 5 amide bonds. The minimum Gasteiger partial charge on any atom is -0.377 e. The third-order valence-corrected chi connectivity index (χ3v) is 8.62. The van der Waals surface area contributed by atoms with Crippen LogP contribution in [0.1, 0.15) is 78.7 Å². The number of carbonyl (C=O) groups excluding carboxylic acids is 5. The van der Waals surface area contributed by atoms with E-state index < -0.39 is 29.7 Å². The highest BCUT2D eigenvalue weighted by atomic mass is 127. The summed E-state index contributed by atoms with van der Waals surface area (Å²) in [6.45, 7) is 11.0. The molecule has 0 aliphatic heterocycles. The number of carbonyl (C=O) groups is 5. The van der Waals surface area contributed by atoms with Gasteiger partial charge in [0.25, 0.3) is 0 Å². The number of hydrogen-bond acceptors (Lipinski definition) is 7. The molecule has 0 bridgehead atoms. The highest BCUT2D eigenvalue weighted by molar-refractivity contribution is 14.1. The Morgan fingerprint density at radius 2 is 1.71 bits per heavy atom. The van der Waals surface area contributed by atoms with Crippen molar-refractivity contribution in [1.82, 2.24) is 26.7 Å². The van der Waals surface area contributed by atoms with Gasteiger partial charge in [0.1, 0.15) is 6.04 Å². The van der Waals surface area contributed by atoms with Crippen LogP contribution in [0.2, 0.25) is 0 Å². The first-order chi connectivity index (χ1) is 21.1. The van der Waals surface area contributed by atoms with Crippen molar-refractivity contribution >= 4 is 52.1 Å². The number of benzene rings is 1. The Balaban J connectivity index is 1.77. The third kappa shape index (κ3) is 14.0. The molecule has 1 aliphatic rings. The van der Waals surface area contributed by atoms with Crippen LogP contribution in [0.3, 0.4) is 0 Å². The first-order valence-electron chi connectivity index (χ1n) is 15.4.